The maximum Gasteiger partial charge on any atom is 0.274 e. The van der Waals surface area contributed by atoms with Gasteiger partial charge in [0.05, 0.1) is 0 Å². The largest absolute Gasteiger partial charge is 0.334 e. The molecule has 1 fully saturated rings. The van der Waals surface area contributed by atoms with Gasteiger partial charge < -0.3 is 10.2 Å². The lowest BCUT2D eigenvalue weighted by Gasteiger charge is -2.35. The van der Waals surface area contributed by atoms with Gasteiger partial charge in [-0.05, 0) is 69.0 Å². The second-order valence-electron chi connectivity index (χ2n) is 7.05. The smallest absolute Gasteiger partial charge is 0.274 e. The van der Waals surface area contributed by atoms with Crippen LogP contribution in [0.1, 0.15) is 70.9 Å². The molecule has 2 heterocycles. The van der Waals surface area contributed by atoms with Gasteiger partial charge in [0, 0.05) is 23.8 Å². The molecule has 6 heteroatoms. The zero-order chi connectivity index (χ0) is 20.1. The number of anilines is 1. The number of piperidine rings is 1. The Morgan fingerprint density at radius 3 is 2.46 bits per heavy atom. The third-order valence-electron chi connectivity index (χ3n) is 5.11. The third-order valence-corrected chi connectivity index (χ3v) is 5.11. The van der Waals surface area contributed by atoms with Crippen molar-refractivity contribution in [2.45, 2.75) is 45.6 Å². The fraction of sp³-hybridized carbons (Fsp3) is 0.364. The van der Waals surface area contributed by atoms with Gasteiger partial charge in [-0.25, -0.2) is 4.98 Å². The highest BCUT2D eigenvalue weighted by Gasteiger charge is 2.27. The predicted molar refractivity (Wildman–Crippen MR) is 108 cm³/mol. The van der Waals surface area contributed by atoms with Crippen LogP contribution in [0, 0.1) is 0 Å². The van der Waals surface area contributed by atoms with E-state index < -0.39 is 5.91 Å². The number of likely N-dealkylation sites (tertiary alicyclic amines) is 1. The number of amides is 2. The lowest BCUT2D eigenvalue weighted by molar-refractivity contribution is 0.0601. The van der Waals surface area contributed by atoms with Crippen molar-refractivity contribution in [3.05, 3.63) is 59.4 Å². The van der Waals surface area contributed by atoms with Gasteiger partial charge >= 0.3 is 0 Å². The number of Topliss-reactive ketones (excluding diaryl/α,β-unsaturated/α-hetero) is 1. The molecule has 2 aromatic rings. The van der Waals surface area contributed by atoms with Crippen LogP contribution >= 0.6 is 0 Å². The number of hydrogen-bond donors (Lipinski definition) is 1. The summed E-state index contributed by atoms with van der Waals surface area (Å²) in [5.74, 6) is -0.545. The summed E-state index contributed by atoms with van der Waals surface area (Å²) in [5, 5.41) is 2.75. The van der Waals surface area contributed by atoms with Crippen molar-refractivity contribution in [3.8, 4) is 0 Å². The summed E-state index contributed by atoms with van der Waals surface area (Å²) in [6.07, 6.45) is 4.07. The molecule has 1 aromatic heterocycles. The van der Waals surface area contributed by atoms with Crippen molar-refractivity contribution in [2.75, 3.05) is 11.9 Å². The first-order valence-corrected chi connectivity index (χ1v) is 9.70. The SMILES string of the molecule is CCC1CCCCN1C(=O)c1cccc(C(=O)Nc2ccc(C(C)=O)cc2)n1. The summed E-state index contributed by atoms with van der Waals surface area (Å²) in [6, 6.07) is 11.8. The average Bonchev–Trinajstić information content (AvgIpc) is 2.73. The van der Waals surface area contributed by atoms with Crippen LogP contribution in [0.4, 0.5) is 5.69 Å². The first-order chi connectivity index (χ1) is 13.5. The van der Waals surface area contributed by atoms with E-state index in [-0.39, 0.29) is 23.4 Å². The van der Waals surface area contributed by atoms with Crippen LogP contribution in [0.25, 0.3) is 0 Å². The Balaban J connectivity index is 1.74. The number of nitrogens with zero attached hydrogens (tertiary/aromatic N) is 2. The highest BCUT2D eigenvalue weighted by Crippen LogP contribution is 2.21. The summed E-state index contributed by atoms with van der Waals surface area (Å²) < 4.78 is 0. The number of carbonyl (C=O) groups excluding carboxylic acids is 3. The average molecular weight is 379 g/mol. The molecule has 0 radical (unpaired) electrons. The fourth-order valence-electron chi connectivity index (χ4n) is 3.50. The van der Waals surface area contributed by atoms with Crippen molar-refractivity contribution < 1.29 is 14.4 Å². The van der Waals surface area contributed by atoms with Gasteiger partial charge in [0.1, 0.15) is 11.4 Å². The van der Waals surface area contributed by atoms with E-state index in [1.807, 2.05) is 4.90 Å². The Morgan fingerprint density at radius 2 is 1.79 bits per heavy atom. The number of benzene rings is 1. The first-order valence-electron chi connectivity index (χ1n) is 9.70. The molecule has 0 saturated carbocycles. The Labute approximate surface area is 165 Å². The zero-order valence-electron chi connectivity index (χ0n) is 16.3. The van der Waals surface area contributed by atoms with Crippen LogP contribution in [-0.2, 0) is 0 Å². The van der Waals surface area contributed by atoms with Gasteiger partial charge in [-0.15, -0.1) is 0 Å². The van der Waals surface area contributed by atoms with Crippen molar-refractivity contribution in [2.24, 2.45) is 0 Å². The second-order valence-corrected chi connectivity index (χ2v) is 7.05. The highest BCUT2D eigenvalue weighted by molar-refractivity contribution is 6.04. The summed E-state index contributed by atoms with van der Waals surface area (Å²) in [4.78, 5) is 43.0. The number of rotatable bonds is 5. The van der Waals surface area contributed by atoms with Crippen molar-refractivity contribution in [3.63, 3.8) is 0 Å². The van der Waals surface area contributed by atoms with Crippen LogP contribution < -0.4 is 5.32 Å². The predicted octanol–water partition coefficient (Wildman–Crippen LogP) is 3.94. The van der Waals surface area contributed by atoms with E-state index in [9.17, 15) is 14.4 Å². The number of aromatic nitrogens is 1. The van der Waals surface area contributed by atoms with Crippen LogP contribution in [0.2, 0.25) is 0 Å². The van der Waals surface area contributed by atoms with E-state index in [1.54, 1.807) is 42.5 Å². The van der Waals surface area contributed by atoms with Gasteiger partial charge in [-0.2, -0.15) is 0 Å². The molecule has 0 bridgehead atoms. The Bertz CT molecular complexity index is 877. The molecule has 1 aliphatic heterocycles. The summed E-state index contributed by atoms with van der Waals surface area (Å²) >= 11 is 0. The normalized spacial score (nSPS) is 16.5. The summed E-state index contributed by atoms with van der Waals surface area (Å²) in [7, 11) is 0. The molecule has 6 nitrogen and oxygen atoms in total. The molecule has 0 spiro atoms. The number of nitrogens with one attached hydrogen (secondary N) is 1. The van der Waals surface area contributed by atoms with Crippen LogP contribution in [0.3, 0.4) is 0 Å². The van der Waals surface area contributed by atoms with Crippen molar-refractivity contribution >= 4 is 23.3 Å². The number of ketones is 1. The molecule has 1 N–H and O–H groups in total. The molecule has 146 valence electrons. The molecule has 1 saturated heterocycles. The maximum atomic E-state index is 12.9. The summed E-state index contributed by atoms with van der Waals surface area (Å²) in [6.45, 7) is 4.31. The quantitative estimate of drug-likeness (QED) is 0.798. The lowest BCUT2D eigenvalue weighted by atomic mass is 9.99. The van der Waals surface area contributed by atoms with E-state index >= 15 is 0 Å². The summed E-state index contributed by atoms with van der Waals surface area (Å²) in [5.41, 5.74) is 1.62. The van der Waals surface area contributed by atoms with E-state index in [1.165, 1.54) is 6.92 Å². The Hall–Kier alpha value is -3.02. The topological polar surface area (TPSA) is 79.4 Å². The molecule has 1 atom stereocenters. The van der Waals surface area contributed by atoms with E-state index in [0.717, 1.165) is 32.2 Å². The lowest BCUT2D eigenvalue weighted by Crippen LogP contribution is -2.43. The van der Waals surface area contributed by atoms with Crippen molar-refractivity contribution in [1.82, 2.24) is 9.88 Å². The molecule has 0 aliphatic carbocycles. The van der Waals surface area contributed by atoms with Gasteiger partial charge in [-0.1, -0.05) is 13.0 Å². The van der Waals surface area contributed by atoms with Crippen molar-refractivity contribution in [1.29, 1.82) is 0 Å². The minimum atomic E-state index is -0.393. The molecular weight excluding hydrogens is 354 g/mol. The molecule has 2 amide bonds. The standard InChI is InChI=1S/C22H25N3O3/c1-3-18-7-4-5-14-25(18)22(28)20-9-6-8-19(24-20)21(27)23-17-12-10-16(11-13-17)15(2)26/h6,8-13,18H,3-5,7,14H2,1-2H3,(H,23,27). The van der Waals surface area contributed by atoms with E-state index in [0.29, 0.717) is 16.9 Å². The van der Waals surface area contributed by atoms with Crippen LogP contribution in [-0.4, -0.2) is 40.1 Å². The minimum Gasteiger partial charge on any atom is -0.334 e. The monoisotopic (exact) mass is 379 g/mol. The van der Waals surface area contributed by atoms with Gasteiger partial charge in [0.15, 0.2) is 5.78 Å². The Morgan fingerprint density at radius 1 is 1.07 bits per heavy atom. The van der Waals surface area contributed by atoms with Crippen LogP contribution in [0.15, 0.2) is 42.5 Å². The molecule has 28 heavy (non-hydrogen) atoms. The number of hydrogen-bond acceptors (Lipinski definition) is 4. The van der Waals surface area contributed by atoms with E-state index in [4.69, 9.17) is 0 Å². The van der Waals surface area contributed by atoms with Gasteiger partial charge in [-0.3, -0.25) is 14.4 Å². The van der Waals surface area contributed by atoms with E-state index in [2.05, 4.69) is 17.2 Å². The van der Waals surface area contributed by atoms with Crippen LogP contribution in [0.5, 0.6) is 0 Å². The van der Waals surface area contributed by atoms with Gasteiger partial charge in [0.2, 0.25) is 0 Å². The highest BCUT2D eigenvalue weighted by atomic mass is 16.2. The fourth-order valence-corrected chi connectivity index (χ4v) is 3.50. The zero-order valence-corrected chi connectivity index (χ0v) is 16.3. The molecule has 3 rings (SSSR count). The molecule has 1 aliphatic rings. The molecule has 1 unspecified atom stereocenters. The maximum absolute atomic E-state index is 12.9. The number of pyridine rings is 1. The third kappa shape index (κ3) is 4.44. The second kappa shape index (κ2) is 8.78. The molecular formula is C22H25N3O3. The number of carbonyl (C=O) groups is 3. The minimum absolute atomic E-state index is 0.0335. The van der Waals surface area contributed by atoms with Gasteiger partial charge in [0.25, 0.3) is 11.8 Å². The molecule has 1 aromatic carbocycles. The first kappa shape index (κ1) is 19.7. The Kier molecular flexibility index (Phi) is 6.19.